The van der Waals surface area contributed by atoms with Crippen LogP contribution >= 0.6 is 0 Å². The lowest BCUT2D eigenvalue weighted by Gasteiger charge is -2.34. The van der Waals surface area contributed by atoms with Gasteiger partial charge in [-0.15, -0.1) is 0 Å². The van der Waals surface area contributed by atoms with Crippen molar-refractivity contribution in [3.63, 3.8) is 0 Å². The molecule has 1 atom stereocenters. The summed E-state index contributed by atoms with van der Waals surface area (Å²) in [4.78, 5) is 17.8. The van der Waals surface area contributed by atoms with Crippen molar-refractivity contribution in [3.05, 3.63) is 48.5 Å². The van der Waals surface area contributed by atoms with Crippen LogP contribution in [0.2, 0.25) is 0 Å². The average molecular weight is 488 g/mol. The topological polar surface area (TPSA) is 79.4 Å². The third-order valence-corrected chi connectivity index (χ3v) is 8.56. The number of nitrogens with zero attached hydrogens (tertiary/aromatic N) is 3. The lowest BCUT2D eigenvalue weighted by molar-refractivity contribution is -0.136. The fraction of sp³-hybridized carbons (Fsp3) is 0.480. The van der Waals surface area contributed by atoms with Crippen LogP contribution in [-0.2, 0) is 14.8 Å². The highest BCUT2D eigenvalue weighted by Gasteiger charge is 2.35. The standard InChI is InChI=1S/C25H33N3O5S/c1-32-22-8-6-21(7-9-22)26-14-4-15-27(18-17-26)25(29)20-5-3-16-28(19-20)34(30,31)24-12-10-23(33-2)11-13-24/h6-13,20H,3-5,14-19H2,1-2H3. The molecule has 2 fully saturated rings. The fourth-order valence-electron chi connectivity index (χ4n) is 4.71. The van der Waals surface area contributed by atoms with E-state index in [2.05, 4.69) is 4.90 Å². The zero-order chi connectivity index (χ0) is 24.1. The van der Waals surface area contributed by atoms with Gasteiger partial charge in [-0.3, -0.25) is 4.79 Å². The number of amides is 1. The van der Waals surface area contributed by atoms with Gasteiger partial charge in [-0.05, 0) is 67.8 Å². The van der Waals surface area contributed by atoms with Crippen molar-refractivity contribution in [1.29, 1.82) is 0 Å². The summed E-state index contributed by atoms with van der Waals surface area (Å²) in [5.74, 6) is 1.18. The van der Waals surface area contributed by atoms with Gasteiger partial charge < -0.3 is 19.3 Å². The molecule has 2 aliphatic rings. The molecule has 9 heteroatoms. The van der Waals surface area contributed by atoms with Gasteiger partial charge in [0.1, 0.15) is 11.5 Å². The number of benzene rings is 2. The lowest BCUT2D eigenvalue weighted by atomic mass is 9.98. The zero-order valence-electron chi connectivity index (χ0n) is 19.9. The van der Waals surface area contributed by atoms with Crippen LogP contribution in [0.3, 0.4) is 0 Å². The maximum atomic E-state index is 13.4. The van der Waals surface area contributed by atoms with Crippen LogP contribution in [0.4, 0.5) is 5.69 Å². The Bertz CT molecular complexity index is 1070. The molecule has 0 saturated carbocycles. The molecule has 184 valence electrons. The van der Waals surface area contributed by atoms with Gasteiger partial charge in [0.15, 0.2) is 0 Å². The van der Waals surface area contributed by atoms with Gasteiger partial charge in [-0.2, -0.15) is 4.31 Å². The summed E-state index contributed by atoms with van der Waals surface area (Å²) in [7, 11) is -0.456. The van der Waals surface area contributed by atoms with Crippen molar-refractivity contribution in [1.82, 2.24) is 9.21 Å². The molecule has 2 aliphatic heterocycles. The van der Waals surface area contributed by atoms with Crippen LogP contribution in [0.25, 0.3) is 0 Å². The van der Waals surface area contributed by atoms with Crippen LogP contribution in [-0.4, -0.2) is 77.0 Å². The van der Waals surface area contributed by atoms with E-state index in [1.807, 2.05) is 29.2 Å². The van der Waals surface area contributed by atoms with Gasteiger partial charge in [-0.1, -0.05) is 0 Å². The minimum atomic E-state index is -3.65. The van der Waals surface area contributed by atoms with E-state index in [1.165, 1.54) is 4.31 Å². The van der Waals surface area contributed by atoms with E-state index in [1.54, 1.807) is 38.5 Å². The molecule has 0 spiro atoms. The zero-order valence-corrected chi connectivity index (χ0v) is 20.7. The summed E-state index contributed by atoms with van der Waals surface area (Å²) in [6.45, 7) is 3.60. The van der Waals surface area contributed by atoms with Crippen molar-refractivity contribution >= 4 is 21.6 Å². The molecule has 0 radical (unpaired) electrons. The minimum absolute atomic E-state index is 0.0613. The number of ether oxygens (including phenoxy) is 2. The Balaban J connectivity index is 1.39. The van der Waals surface area contributed by atoms with Gasteiger partial charge in [0, 0.05) is 45.0 Å². The normalized spacial score (nSPS) is 20.0. The first-order valence-electron chi connectivity index (χ1n) is 11.7. The summed E-state index contributed by atoms with van der Waals surface area (Å²) >= 11 is 0. The predicted octanol–water partition coefficient (Wildman–Crippen LogP) is 2.84. The predicted molar refractivity (Wildman–Crippen MR) is 131 cm³/mol. The smallest absolute Gasteiger partial charge is 0.243 e. The molecule has 2 saturated heterocycles. The van der Waals surface area contributed by atoms with Crippen molar-refractivity contribution in [3.8, 4) is 11.5 Å². The van der Waals surface area contributed by atoms with Crippen molar-refractivity contribution < 1.29 is 22.7 Å². The largest absolute Gasteiger partial charge is 0.497 e. The number of hydrogen-bond acceptors (Lipinski definition) is 6. The number of methoxy groups -OCH3 is 2. The first kappa shape index (κ1) is 24.3. The Morgan fingerprint density at radius 1 is 0.824 bits per heavy atom. The molecule has 0 bridgehead atoms. The lowest BCUT2D eigenvalue weighted by Crippen LogP contribution is -2.47. The third-order valence-electron chi connectivity index (χ3n) is 6.68. The Kier molecular flexibility index (Phi) is 7.63. The summed E-state index contributed by atoms with van der Waals surface area (Å²) in [6.07, 6.45) is 2.27. The van der Waals surface area contributed by atoms with E-state index < -0.39 is 10.0 Å². The van der Waals surface area contributed by atoms with E-state index in [-0.39, 0.29) is 23.3 Å². The molecular formula is C25H33N3O5S. The summed E-state index contributed by atoms with van der Waals surface area (Å²) < 4.78 is 38.2. The molecular weight excluding hydrogens is 454 g/mol. The number of piperidine rings is 1. The van der Waals surface area contributed by atoms with Crippen LogP contribution in [0, 0.1) is 5.92 Å². The Hall–Kier alpha value is -2.78. The first-order chi connectivity index (χ1) is 16.4. The molecule has 0 aromatic heterocycles. The van der Waals surface area contributed by atoms with E-state index >= 15 is 0 Å². The van der Waals surface area contributed by atoms with E-state index in [9.17, 15) is 13.2 Å². The maximum absolute atomic E-state index is 13.4. The molecule has 4 rings (SSSR count). The second kappa shape index (κ2) is 10.7. The van der Waals surface area contributed by atoms with Crippen LogP contribution < -0.4 is 14.4 Å². The number of carbonyl (C=O) groups is 1. The summed E-state index contributed by atoms with van der Waals surface area (Å²) in [5.41, 5.74) is 1.12. The molecule has 2 aromatic carbocycles. The third kappa shape index (κ3) is 5.31. The highest BCUT2D eigenvalue weighted by Crippen LogP contribution is 2.27. The fourth-order valence-corrected chi connectivity index (χ4v) is 6.23. The van der Waals surface area contributed by atoms with Crippen LogP contribution in [0.15, 0.2) is 53.4 Å². The molecule has 0 N–H and O–H groups in total. The number of hydrogen-bond donors (Lipinski definition) is 0. The highest BCUT2D eigenvalue weighted by molar-refractivity contribution is 7.89. The van der Waals surface area contributed by atoms with Gasteiger partial charge in [0.05, 0.1) is 25.0 Å². The van der Waals surface area contributed by atoms with Crippen LogP contribution in [0.1, 0.15) is 19.3 Å². The summed E-state index contributed by atoms with van der Waals surface area (Å²) in [6, 6.07) is 14.4. The number of rotatable bonds is 6. The number of sulfonamides is 1. The van der Waals surface area contributed by atoms with E-state index in [0.29, 0.717) is 38.2 Å². The molecule has 34 heavy (non-hydrogen) atoms. The average Bonchev–Trinajstić information content (AvgIpc) is 3.15. The molecule has 0 aliphatic carbocycles. The van der Waals surface area contributed by atoms with Gasteiger partial charge in [0.25, 0.3) is 0 Å². The minimum Gasteiger partial charge on any atom is -0.497 e. The van der Waals surface area contributed by atoms with Gasteiger partial charge >= 0.3 is 0 Å². The van der Waals surface area contributed by atoms with Crippen molar-refractivity contribution in [2.24, 2.45) is 5.92 Å². The molecule has 8 nitrogen and oxygen atoms in total. The second-order valence-electron chi connectivity index (χ2n) is 8.74. The van der Waals surface area contributed by atoms with E-state index in [0.717, 1.165) is 30.9 Å². The number of anilines is 1. The SMILES string of the molecule is COc1ccc(N2CCCN(C(=O)C3CCCN(S(=O)(=O)c4ccc(OC)cc4)C3)CC2)cc1. The second-order valence-corrected chi connectivity index (χ2v) is 10.7. The summed E-state index contributed by atoms with van der Waals surface area (Å²) in [5, 5.41) is 0. The highest BCUT2D eigenvalue weighted by atomic mass is 32.2. The Labute approximate surface area is 202 Å². The quantitative estimate of drug-likeness (QED) is 0.624. The van der Waals surface area contributed by atoms with E-state index in [4.69, 9.17) is 9.47 Å². The maximum Gasteiger partial charge on any atom is 0.243 e. The molecule has 1 amide bonds. The van der Waals surface area contributed by atoms with Crippen molar-refractivity contribution in [2.45, 2.75) is 24.2 Å². The number of carbonyl (C=O) groups excluding carboxylic acids is 1. The van der Waals surface area contributed by atoms with Crippen LogP contribution in [0.5, 0.6) is 11.5 Å². The van der Waals surface area contributed by atoms with Gasteiger partial charge in [-0.25, -0.2) is 8.42 Å². The van der Waals surface area contributed by atoms with Crippen molar-refractivity contribution in [2.75, 3.05) is 58.4 Å². The Morgan fingerprint density at radius 2 is 1.47 bits per heavy atom. The van der Waals surface area contributed by atoms with Gasteiger partial charge in [0.2, 0.25) is 15.9 Å². The molecule has 2 heterocycles. The molecule has 2 aromatic rings. The molecule has 1 unspecified atom stereocenters. The Morgan fingerprint density at radius 3 is 2.12 bits per heavy atom. The first-order valence-corrected chi connectivity index (χ1v) is 13.2. The monoisotopic (exact) mass is 487 g/mol.